The van der Waals surface area contributed by atoms with Gasteiger partial charge in [-0.3, -0.25) is 4.90 Å². The van der Waals surface area contributed by atoms with Gasteiger partial charge in [-0.25, -0.2) is 4.39 Å². The van der Waals surface area contributed by atoms with Gasteiger partial charge in [0.05, 0.1) is 0 Å². The van der Waals surface area contributed by atoms with Crippen molar-refractivity contribution in [1.29, 1.82) is 0 Å². The zero-order valence-corrected chi connectivity index (χ0v) is 14.2. The molecule has 1 N–H and O–H groups in total. The molecule has 2 rings (SSSR count). The van der Waals surface area contributed by atoms with E-state index in [9.17, 15) is 17.6 Å². The highest BCUT2D eigenvalue weighted by Gasteiger charge is 2.32. The molecule has 1 fully saturated rings. The van der Waals surface area contributed by atoms with E-state index in [4.69, 9.17) is 0 Å². The number of halogens is 6. The van der Waals surface area contributed by atoms with Crippen LogP contribution in [0.25, 0.3) is 0 Å². The van der Waals surface area contributed by atoms with Crippen LogP contribution in [0.1, 0.15) is 24.4 Å². The van der Waals surface area contributed by atoms with Crippen molar-refractivity contribution < 1.29 is 17.6 Å². The minimum Gasteiger partial charge on any atom is -0.314 e. The first kappa shape index (κ1) is 19.7. The van der Waals surface area contributed by atoms with E-state index in [0.29, 0.717) is 23.1 Å². The Morgan fingerprint density at radius 1 is 1.23 bits per heavy atom. The van der Waals surface area contributed by atoms with Crippen molar-refractivity contribution in [1.82, 2.24) is 10.2 Å². The van der Waals surface area contributed by atoms with Crippen molar-refractivity contribution in [2.45, 2.75) is 25.1 Å². The molecule has 1 aromatic carbocycles. The Hall–Kier alpha value is -0.370. The zero-order valence-electron chi connectivity index (χ0n) is 11.8. The van der Waals surface area contributed by atoms with Crippen molar-refractivity contribution in [3.8, 4) is 0 Å². The smallest absolute Gasteiger partial charge is 0.314 e. The van der Waals surface area contributed by atoms with Crippen LogP contribution < -0.4 is 5.32 Å². The average Bonchev–Trinajstić information content (AvgIpc) is 2.41. The van der Waals surface area contributed by atoms with Crippen LogP contribution in [-0.2, 0) is 0 Å². The third-order valence-electron chi connectivity index (χ3n) is 3.62. The van der Waals surface area contributed by atoms with Gasteiger partial charge in [-0.15, -0.1) is 12.4 Å². The van der Waals surface area contributed by atoms with Crippen molar-refractivity contribution in [3.05, 3.63) is 34.1 Å². The molecule has 0 bridgehead atoms. The lowest BCUT2D eigenvalue weighted by Gasteiger charge is -2.36. The van der Waals surface area contributed by atoms with Crippen LogP contribution in [0, 0.1) is 5.82 Å². The summed E-state index contributed by atoms with van der Waals surface area (Å²) >= 11 is 3.27. The minimum absolute atomic E-state index is 0. The maximum absolute atomic E-state index is 13.2. The van der Waals surface area contributed by atoms with E-state index in [2.05, 4.69) is 21.2 Å². The first-order chi connectivity index (χ1) is 9.87. The maximum atomic E-state index is 13.2. The summed E-state index contributed by atoms with van der Waals surface area (Å²) in [5.74, 6) is -0.402. The Bertz CT molecular complexity index is 478. The van der Waals surface area contributed by atoms with E-state index >= 15 is 0 Å². The molecule has 0 unspecified atom stereocenters. The molecule has 0 aliphatic carbocycles. The fourth-order valence-corrected chi connectivity index (χ4v) is 3.22. The van der Waals surface area contributed by atoms with Crippen molar-refractivity contribution in [2.24, 2.45) is 0 Å². The molecule has 0 aromatic heterocycles. The number of nitrogens with zero attached hydrogens (tertiary/aromatic N) is 1. The van der Waals surface area contributed by atoms with Gasteiger partial charge in [-0.05, 0) is 24.1 Å². The summed E-state index contributed by atoms with van der Waals surface area (Å²) in [4.78, 5) is 2.03. The quantitative estimate of drug-likeness (QED) is 0.752. The van der Waals surface area contributed by atoms with E-state index in [1.165, 1.54) is 12.1 Å². The molecular weight excluding hydrogens is 388 g/mol. The van der Waals surface area contributed by atoms with Gasteiger partial charge < -0.3 is 5.32 Å². The first-order valence-corrected chi connectivity index (χ1v) is 7.62. The summed E-state index contributed by atoms with van der Waals surface area (Å²) in [5, 5.41) is 3.18. The molecule has 1 atom stereocenters. The summed E-state index contributed by atoms with van der Waals surface area (Å²) in [7, 11) is 0. The molecule has 1 aliphatic rings. The lowest BCUT2D eigenvalue weighted by Crippen LogP contribution is -2.45. The number of alkyl halides is 3. The molecule has 0 radical (unpaired) electrons. The summed E-state index contributed by atoms with van der Waals surface area (Å²) in [6, 6.07) is 3.81. The van der Waals surface area contributed by atoms with E-state index in [1.807, 2.05) is 4.90 Å². The molecule has 0 spiro atoms. The third-order valence-corrected chi connectivity index (χ3v) is 4.30. The van der Waals surface area contributed by atoms with Gasteiger partial charge in [-0.1, -0.05) is 22.0 Å². The van der Waals surface area contributed by atoms with Gasteiger partial charge in [0.1, 0.15) is 5.82 Å². The Balaban J connectivity index is 0.00000242. The number of nitrogens with one attached hydrogen (secondary N) is 1. The van der Waals surface area contributed by atoms with Gasteiger partial charge in [0.15, 0.2) is 0 Å². The summed E-state index contributed by atoms with van der Waals surface area (Å²) in [5.41, 5.74) is 0.711. The summed E-state index contributed by atoms with van der Waals surface area (Å²) in [6.07, 6.45) is -5.04. The van der Waals surface area contributed by atoms with Crippen molar-refractivity contribution >= 4 is 28.3 Å². The zero-order chi connectivity index (χ0) is 15.5. The normalized spacial score (nSPS) is 17.9. The average molecular weight is 406 g/mol. The van der Waals surface area contributed by atoms with Gasteiger partial charge in [0, 0.05) is 43.1 Å². The Kier molecular flexibility index (Phi) is 7.58. The topological polar surface area (TPSA) is 15.3 Å². The van der Waals surface area contributed by atoms with E-state index < -0.39 is 18.4 Å². The monoisotopic (exact) mass is 404 g/mol. The van der Waals surface area contributed by atoms with E-state index in [0.717, 1.165) is 13.1 Å². The number of hydrogen-bond acceptors (Lipinski definition) is 2. The summed E-state index contributed by atoms with van der Waals surface area (Å²) in [6.45, 7) is 2.88. The number of piperazine rings is 1. The van der Waals surface area contributed by atoms with Crippen LogP contribution in [-0.4, -0.2) is 37.3 Å². The molecule has 8 heteroatoms. The van der Waals surface area contributed by atoms with Gasteiger partial charge in [-0.2, -0.15) is 13.2 Å². The largest absolute Gasteiger partial charge is 0.389 e. The predicted molar refractivity (Wildman–Crippen MR) is 83.8 cm³/mol. The van der Waals surface area contributed by atoms with Crippen molar-refractivity contribution in [3.63, 3.8) is 0 Å². The fourth-order valence-electron chi connectivity index (χ4n) is 2.60. The first-order valence-electron chi connectivity index (χ1n) is 6.83. The molecule has 1 aliphatic heterocycles. The second kappa shape index (κ2) is 8.47. The lowest BCUT2D eigenvalue weighted by molar-refractivity contribution is -0.138. The van der Waals surface area contributed by atoms with Gasteiger partial charge in [0.25, 0.3) is 0 Å². The number of rotatable bonds is 4. The van der Waals surface area contributed by atoms with Gasteiger partial charge >= 0.3 is 6.18 Å². The molecule has 22 heavy (non-hydrogen) atoms. The Labute approximate surface area is 141 Å². The lowest BCUT2D eigenvalue weighted by atomic mass is 9.99. The van der Waals surface area contributed by atoms with E-state index in [1.54, 1.807) is 6.07 Å². The summed E-state index contributed by atoms with van der Waals surface area (Å²) < 4.78 is 51.4. The standard InChI is InChI=1S/C14H17BrF4N2.ClH/c15-12-9-10(16)1-2-11(12)13(3-4-14(17,18)19)21-7-5-20-6-8-21;/h1-2,9,13,20H,3-8H2;1H/t13-;/m0./s1. The Morgan fingerprint density at radius 3 is 2.41 bits per heavy atom. The van der Waals surface area contributed by atoms with Crippen LogP contribution in [0.3, 0.4) is 0 Å². The second-order valence-corrected chi connectivity index (χ2v) is 5.98. The number of hydrogen-bond donors (Lipinski definition) is 1. The molecule has 1 saturated heterocycles. The SMILES string of the molecule is Cl.Fc1ccc([C@H](CCC(F)(F)F)N2CCNCC2)c(Br)c1. The minimum atomic E-state index is -4.18. The highest BCUT2D eigenvalue weighted by molar-refractivity contribution is 9.10. The van der Waals surface area contributed by atoms with Crippen LogP contribution in [0.2, 0.25) is 0 Å². The van der Waals surface area contributed by atoms with Crippen molar-refractivity contribution in [2.75, 3.05) is 26.2 Å². The molecule has 0 saturated carbocycles. The van der Waals surface area contributed by atoms with Crippen LogP contribution in [0.5, 0.6) is 0 Å². The number of benzene rings is 1. The second-order valence-electron chi connectivity index (χ2n) is 5.12. The molecule has 1 heterocycles. The van der Waals surface area contributed by atoms with Crippen LogP contribution in [0.15, 0.2) is 22.7 Å². The highest BCUT2D eigenvalue weighted by Crippen LogP contribution is 2.35. The molecule has 1 aromatic rings. The molecule has 126 valence electrons. The van der Waals surface area contributed by atoms with Crippen LogP contribution in [0.4, 0.5) is 17.6 Å². The molecular formula is C14H18BrClF4N2. The molecule has 0 amide bonds. The van der Waals surface area contributed by atoms with E-state index in [-0.39, 0.29) is 24.9 Å². The third kappa shape index (κ3) is 5.68. The Morgan fingerprint density at radius 2 is 1.86 bits per heavy atom. The highest BCUT2D eigenvalue weighted by atomic mass is 79.9. The molecule has 2 nitrogen and oxygen atoms in total. The predicted octanol–water partition coefficient (Wildman–Crippen LogP) is 4.30. The van der Waals surface area contributed by atoms with Gasteiger partial charge in [0.2, 0.25) is 0 Å². The fraction of sp³-hybridized carbons (Fsp3) is 0.571. The maximum Gasteiger partial charge on any atom is 0.389 e. The van der Waals surface area contributed by atoms with Crippen LogP contribution >= 0.6 is 28.3 Å².